The summed E-state index contributed by atoms with van der Waals surface area (Å²) in [5.74, 6) is 0.726. The van der Waals surface area contributed by atoms with Crippen molar-refractivity contribution in [1.29, 1.82) is 0 Å². The summed E-state index contributed by atoms with van der Waals surface area (Å²) >= 11 is 3.53. The first-order chi connectivity index (χ1) is 15.0. The smallest absolute Gasteiger partial charge is 0.263 e. The molecule has 2 aromatic heterocycles. The monoisotopic (exact) mass is 481 g/mol. The van der Waals surface area contributed by atoms with Gasteiger partial charge in [-0.05, 0) is 42.7 Å². The highest BCUT2D eigenvalue weighted by molar-refractivity contribution is 9.10. The molecule has 1 saturated heterocycles. The van der Waals surface area contributed by atoms with E-state index in [2.05, 4.69) is 45.0 Å². The Labute approximate surface area is 191 Å². The highest BCUT2D eigenvalue weighted by atomic mass is 79.9. The van der Waals surface area contributed by atoms with Crippen LogP contribution in [0, 0.1) is 0 Å². The summed E-state index contributed by atoms with van der Waals surface area (Å²) in [5.41, 5.74) is 2.99. The molecule has 0 amide bonds. The predicted molar refractivity (Wildman–Crippen MR) is 129 cm³/mol. The summed E-state index contributed by atoms with van der Waals surface area (Å²) in [6.07, 6.45) is 5.67. The van der Waals surface area contributed by atoms with E-state index in [9.17, 15) is 4.79 Å². The fourth-order valence-corrected chi connectivity index (χ4v) is 4.55. The largest absolute Gasteiger partial charge is 0.338 e. The van der Waals surface area contributed by atoms with Gasteiger partial charge in [-0.3, -0.25) is 14.3 Å². The summed E-state index contributed by atoms with van der Waals surface area (Å²) in [6.45, 7) is 6.09. The van der Waals surface area contributed by atoms with Gasteiger partial charge in [0.2, 0.25) is 5.95 Å². The second-order valence-corrected chi connectivity index (χ2v) is 9.21. The van der Waals surface area contributed by atoms with Crippen LogP contribution in [0.15, 0.2) is 58.1 Å². The van der Waals surface area contributed by atoms with Crippen molar-refractivity contribution in [3.63, 3.8) is 0 Å². The number of benzene rings is 1. The minimum absolute atomic E-state index is 0.0441. The number of hydrogen-bond acceptors (Lipinski definition) is 5. The number of anilines is 1. The lowest BCUT2D eigenvalue weighted by molar-refractivity contribution is 0.517. The molecule has 1 aliphatic rings. The maximum atomic E-state index is 13.7. The van der Waals surface area contributed by atoms with E-state index in [0.29, 0.717) is 23.3 Å². The number of nitrogens with zero attached hydrogens (tertiary/aromatic N) is 4. The molecule has 0 unspecified atom stereocenters. The zero-order chi connectivity index (χ0) is 22.0. The Morgan fingerprint density at radius 3 is 2.68 bits per heavy atom. The topological polar surface area (TPSA) is 63.0 Å². The number of hydrogen-bond donors (Lipinski definition) is 1. The quantitative estimate of drug-likeness (QED) is 0.570. The molecule has 3 heterocycles. The highest BCUT2D eigenvalue weighted by Gasteiger charge is 2.29. The SMILES string of the molecule is CC(C)NC[C@H]1CCCN1c1nc(-c2ccncc2)c(-c2cccc(Br)c2)c(=O)n1C. The molecule has 31 heavy (non-hydrogen) atoms. The van der Waals surface area contributed by atoms with Gasteiger partial charge in [0.15, 0.2) is 0 Å². The molecule has 0 bridgehead atoms. The molecule has 6 nitrogen and oxygen atoms in total. The molecule has 0 aliphatic carbocycles. The molecule has 0 radical (unpaired) electrons. The average Bonchev–Trinajstić information content (AvgIpc) is 3.23. The van der Waals surface area contributed by atoms with Crippen molar-refractivity contribution in [3.8, 4) is 22.4 Å². The molecule has 0 spiro atoms. The van der Waals surface area contributed by atoms with Crippen LogP contribution in [0.1, 0.15) is 26.7 Å². The standard InChI is InChI=1S/C24H28BrN5O/c1-16(2)27-15-20-8-5-13-30(20)24-28-22(17-9-11-26-12-10-17)21(23(31)29(24)3)18-6-4-7-19(25)14-18/h4,6-7,9-12,14,16,20,27H,5,8,13,15H2,1-3H3/t20-/m1/s1. The van der Waals surface area contributed by atoms with Crippen LogP contribution < -0.4 is 15.8 Å². The van der Waals surface area contributed by atoms with Crippen LogP contribution in [-0.4, -0.2) is 39.7 Å². The maximum Gasteiger partial charge on any atom is 0.263 e. The van der Waals surface area contributed by atoms with Crippen LogP contribution in [0.3, 0.4) is 0 Å². The average molecular weight is 482 g/mol. The molecule has 1 aromatic carbocycles. The zero-order valence-corrected chi connectivity index (χ0v) is 19.8. The third-order valence-corrected chi connectivity index (χ3v) is 6.22. The molecule has 0 saturated carbocycles. The number of rotatable bonds is 6. The van der Waals surface area contributed by atoms with E-state index in [-0.39, 0.29) is 5.56 Å². The van der Waals surface area contributed by atoms with E-state index >= 15 is 0 Å². The number of pyridine rings is 1. The van der Waals surface area contributed by atoms with E-state index in [0.717, 1.165) is 47.5 Å². The minimum atomic E-state index is -0.0441. The van der Waals surface area contributed by atoms with Crippen LogP contribution >= 0.6 is 15.9 Å². The lowest BCUT2D eigenvalue weighted by Crippen LogP contribution is -2.43. The third kappa shape index (κ3) is 4.57. The molecule has 1 N–H and O–H groups in total. The van der Waals surface area contributed by atoms with Gasteiger partial charge in [-0.15, -0.1) is 0 Å². The van der Waals surface area contributed by atoms with Crippen molar-refractivity contribution in [2.45, 2.75) is 38.8 Å². The van der Waals surface area contributed by atoms with Gasteiger partial charge >= 0.3 is 0 Å². The van der Waals surface area contributed by atoms with Crippen molar-refractivity contribution < 1.29 is 0 Å². The molecule has 7 heteroatoms. The van der Waals surface area contributed by atoms with Crippen LogP contribution in [0.4, 0.5) is 5.95 Å². The molecule has 1 fully saturated rings. The zero-order valence-electron chi connectivity index (χ0n) is 18.2. The van der Waals surface area contributed by atoms with Crippen molar-refractivity contribution in [3.05, 3.63) is 63.6 Å². The van der Waals surface area contributed by atoms with Gasteiger partial charge < -0.3 is 10.2 Å². The predicted octanol–water partition coefficient (Wildman–Crippen LogP) is 4.24. The van der Waals surface area contributed by atoms with Crippen molar-refractivity contribution >= 4 is 21.9 Å². The Balaban J connectivity index is 1.87. The summed E-state index contributed by atoms with van der Waals surface area (Å²) in [4.78, 5) is 25.2. The van der Waals surface area contributed by atoms with Gasteiger partial charge in [0.05, 0.1) is 11.3 Å². The van der Waals surface area contributed by atoms with Gasteiger partial charge in [-0.25, -0.2) is 4.98 Å². The Bertz CT molecular complexity index is 1110. The van der Waals surface area contributed by atoms with Crippen LogP contribution in [0.5, 0.6) is 0 Å². The lowest BCUT2D eigenvalue weighted by atomic mass is 10.0. The van der Waals surface area contributed by atoms with E-state index in [1.54, 1.807) is 17.0 Å². The molecule has 162 valence electrons. The van der Waals surface area contributed by atoms with E-state index in [4.69, 9.17) is 4.98 Å². The van der Waals surface area contributed by atoms with E-state index in [1.165, 1.54) is 0 Å². The molecule has 3 aromatic rings. The molecular weight excluding hydrogens is 454 g/mol. The summed E-state index contributed by atoms with van der Waals surface area (Å²) < 4.78 is 2.63. The fourth-order valence-electron chi connectivity index (χ4n) is 4.15. The first-order valence-corrected chi connectivity index (χ1v) is 11.5. The van der Waals surface area contributed by atoms with E-state index in [1.807, 2.05) is 43.4 Å². The van der Waals surface area contributed by atoms with Gasteiger partial charge in [-0.1, -0.05) is 41.9 Å². The molecule has 1 aliphatic heterocycles. The van der Waals surface area contributed by atoms with E-state index < -0.39 is 0 Å². The molecule has 1 atom stereocenters. The van der Waals surface area contributed by atoms with Gasteiger partial charge in [0, 0.05) is 54.7 Å². The van der Waals surface area contributed by atoms with Crippen molar-refractivity contribution in [2.24, 2.45) is 7.05 Å². The summed E-state index contributed by atoms with van der Waals surface area (Å²) in [6, 6.07) is 12.4. The summed E-state index contributed by atoms with van der Waals surface area (Å²) in [5, 5.41) is 3.54. The second-order valence-electron chi connectivity index (χ2n) is 8.30. The first kappa shape index (κ1) is 21.7. The summed E-state index contributed by atoms with van der Waals surface area (Å²) in [7, 11) is 1.83. The Morgan fingerprint density at radius 2 is 1.97 bits per heavy atom. The number of halogens is 1. The van der Waals surface area contributed by atoms with Crippen molar-refractivity contribution in [1.82, 2.24) is 19.9 Å². The van der Waals surface area contributed by atoms with Gasteiger partial charge in [0.25, 0.3) is 5.56 Å². The van der Waals surface area contributed by atoms with Gasteiger partial charge in [0.1, 0.15) is 0 Å². The second kappa shape index (κ2) is 9.32. The van der Waals surface area contributed by atoms with Crippen LogP contribution in [-0.2, 0) is 7.05 Å². The van der Waals surface area contributed by atoms with Crippen molar-refractivity contribution in [2.75, 3.05) is 18.0 Å². The van der Waals surface area contributed by atoms with Gasteiger partial charge in [-0.2, -0.15) is 0 Å². The lowest BCUT2D eigenvalue weighted by Gasteiger charge is -2.29. The fraction of sp³-hybridized carbons (Fsp3) is 0.375. The normalized spacial score (nSPS) is 16.3. The third-order valence-electron chi connectivity index (χ3n) is 5.73. The highest BCUT2D eigenvalue weighted by Crippen LogP contribution is 2.32. The first-order valence-electron chi connectivity index (χ1n) is 10.7. The number of aromatic nitrogens is 3. The Kier molecular flexibility index (Phi) is 6.53. The Morgan fingerprint density at radius 1 is 1.19 bits per heavy atom. The number of nitrogens with one attached hydrogen (secondary N) is 1. The molecular formula is C24H28BrN5O. The minimum Gasteiger partial charge on any atom is -0.338 e. The molecule has 4 rings (SSSR count). The van der Waals surface area contributed by atoms with Crippen LogP contribution in [0.2, 0.25) is 0 Å². The Hall–Kier alpha value is -2.51. The maximum absolute atomic E-state index is 13.7. The van der Waals surface area contributed by atoms with Crippen LogP contribution in [0.25, 0.3) is 22.4 Å².